The molecule has 0 aliphatic rings. The molecular formula is C12H18N2O4. The molecule has 0 saturated heterocycles. The van der Waals surface area contributed by atoms with Crippen molar-refractivity contribution >= 4 is 11.9 Å². The molecule has 0 saturated carbocycles. The Hall–Kier alpha value is -1.85. The van der Waals surface area contributed by atoms with E-state index in [1.54, 1.807) is 17.7 Å². The Morgan fingerprint density at radius 3 is 2.67 bits per heavy atom. The number of carbonyl (C=O) groups excluding carboxylic acids is 1. The molecule has 0 aliphatic heterocycles. The SMILES string of the molecule is CCOC(=O)C(Cc1cc(C)nn1CC)C(=O)O. The third-order valence-corrected chi connectivity index (χ3v) is 2.57. The first-order valence-electron chi connectivity index (χ1n) is 5.92. The Kier molecular flexibility index (Phi) is 4.88. The average molecular weight is 254 g/mol. The second-order valence-corrected chi connectivity index (χ2v) is 3.94. The summed E-state index contributed by atoms with van der Waals surface area (Å²) < 4.78 is 6.47. The van der Waals surface area contributed by atoms with Gasteiger partial charge in [-0.1, -0.05) is 0 Å². The summed E-state index contributed by atoms with van der Waals surface area (Å²) in [6, 6.07) is 1.79. The zero-order valence-corrected chi connectivity index (χ0v) is 10.8. The lowest BCUT2D eigenvalue weighted by Gasteiger charge is -2.11. The summed E-state index contributed by atoms with van der Waals surface area (Å²) in [5.74, 6) is -3.05. The van der Waals surface area contributed by atoms with Gasteiger partial charge in [0.05, 0.1) is 12.3 Å². The molecule has 18 heavy (non-hydrogen) atoms. The highest BCUT2D eigenvalue weighted by Gasteiger charge is 2.29. The first-order valence-corrected chi connectivity index (χ1v) is 5.92. The van der Waals surface area contributed by atoms with Crippen LogP contribution in [0.1, 0.15) is 25.2 Å². The van der Waals surface area contributed by atoms with Crippen LogP contribution in [0.25, 0.3) is 0 Å². The van der Waals surface area contributed by atoms with Gasteiger partial charge in [-0.25, -0.2) is 0 Å². The Balaban J connectivity index is 2.89. The maximum absolute atomic E-state index is 11.6. The number of nitrogens with zero attached hydrogens (tertiary/aromatic N) is 2. The lowest BCUT2D eigenvalue weighted by Crippen LogP contribution is -2.28. The first kappa shape index (κ1) is 14.2. The molecule has 0 spiro atoms. The quantitative estimate of drug-likeness (QED) is 0.605. The standard InChI is InChI=1S/C12H18N2O4/c1-4-14-9(6-8(3)13-14)7-10(11(15)16)12(17)18-5-2/h6,10H,4-5,7H2,1-3H3,(H,15,16). The van der Waals surface area contributed by atoms with Gasteiger partial charge in [-0.05, 0) is 26.8 Å². The maximum atomic E-state index is 11.6. The van der Waals surface area contributed by atoms with Crippen LogP contribution in [0.5, 0.6) is 0 Å². The maximum Gasteiger partial charge on any atom is 0.320 e. The number of esters is 1. The molecule has 100 valence electrons. The lowest BCUT2D eigenvalue weighted by molar-refractivity contribution is -0.158. The number of rotatable bonds is 6. The van der Waals surface area contributed by atoms with Gasteiger partial charge in [0, 0.05) is 18.7 Å². The largest absolute Gasteiger partial charge is 0.481 e. The zero-order chi connectivity index (χ0) is 13.7. The minimum Gasteiger partial charge on any atom is -0.481 e. The number of carboxylic acids is 1. The van der Waals surface area contributed by atoms with Crippen molar-refractivity contribution in [1.29, 1.82) is 0 Å². The second-order valence-electron chi connectivity index (χ2n) is 3.94. The number of aromatic nitrogens is 2. The van der Waals surface area contributed by atoms with Crippen molar-refractivity contribution in [3.05, 3.63) is 17.5 Å². The topological polar surface area (TPSA) is 81.4 Å². The van der Waals surface area contributed by atoms with Crippen molar-refractivity contribution in [2.24, 2.45) is 5.92 Å². The summed E-state index contributed by atoms with van der Waals surface area (Å²) in [7, 11) is 0. The molecule has 6 heteroatoms. The molecule has 0 amide bonds. The molecule has 1 aromatic heterocycles. The molecule has 1 rings (SSSR count). The van der Waals surface area contributed by atoms with E-state index in [1.807, 2.05) is 13.8 Å². The van der Waals surface area contributed by atoms with Gasteiger partial charge in [0.15, 0.2) is 5.92 Å². The fraction of sp³-hybridized carbons (Fsp3) is 0.583. The predicted octanol–water partition coefficient (Wildman–Crippen LogP) is 1.02. The summed E-state index contributed by atoms with van der Waals surface area (Å²) >= 11 is 0. The number of aryl methyl sites for hydroxylation is 2. The fourth-order valence-electron chi connectivity index (χ4n) is 1.76. The summed E-state index contributed by atoms with van der Waals surface area (Å²) in [6.45, 7) is 6.20. The molecule has 0 bridgehead atoms. The molecule has 6 nitrogen and oxygen atoms in total. The van der Waals surface area contributed by atoms with Crippen LogP contribution >= 0.6 is 0 Å². The third-order valence-electron chi connectivity index (χ3n) is 2.57. The number of ether oxygens (including phenoxy) is 1. The van der Waals surface area contributed by atoms with Gasteiger partial charge in [0.1, 0.15) is 0 Å². The second kappa shape index (κ2) is 6.18. The van der Waals surface area contributed by atoms with E-state index in [-0.39, 0.29) is 13.0 Å². The van der Waals surface area contributed by atoms with Crippen molar-refractivity contribution < 1.29 is 19.4 Å². The molecule has 1 heterocycles. The molecule has 1 unspecified atom stereocenters. The van der Waals surface area contributed by atoms with E-state index in [1.165, 1.54) is 0 Å². The molecule has 0 aromatic carbocycles. The molecule has 0 aliphatic carbocycles. The van der Waals surface area contributed by atoms with Gasteiger partial charge in [-0.15, -0.1) is 0 Å². The van der Waals surface area contributed by atoms with E-state index in [4.69, 9.17) is 9.84 Å². The van der Waals surface area contributed by atoms with Crippen LogP contribution in [0.3, 0.4) is 0 Å². The summed E-state index contributed by atoms with van der Waals surface area (Å²) in [4.78, 5) is 22.7. The van der Waals surface area contributed by atoms with E-state index in [0.717, 1.165) is 11.4 Å². The molecule has 1 atom stereocenters. The van der Waals surface area contributed by atoms with E-state index in [2.05, 4.69) is 5.10 Å². The lowest BCUT2D eigenvalue weighted by atomic mass is 10.0. The smallest absolute Gasteiger partial charge is 0.320 e. The van der Waals surface area contributed by atoms with E-state index in [9.17, 15) is 9.59 Å². The van der Waals surface area contributed by atoms with Crippen LogP contribution < -0.4 is 0 Å². The van der Waals surface area contributed by atoms with Crippen molar-refractivity contribution in [3.63, 3.8) is 0 Å². The minimum absolute atomic E-state index is 0.100. The Bertz CT molecular complexity index is 439. The number of carbonyl (C=O) groups is 2. The van der Waals surface area contributed by atoms with Crippen molar-refractivity contribution in [2.45, 2.75) is 33.7 Å². The Labute approximate surface area is 106 Å². The van der Waals surface area contributed by atoms with Crippen molar-refractivity contribution in [2.75, 3.05) is 6.61 Å². The minimum atomic E-state index is -1.17. The number of hydrogen-bond donors (Lipinski definition) is 1. The van der Waals surface area contributed by atoms with E-state index < -0.39 is 17.9 Å². The van der Waals surface area contributed by atoms with Crippen LogP contribution in [-0.4, -0.2) is 33.4 Å². The Morgan fingerprint density at radius 1 is 1.50 bits per heavy atom. The number of hydrogen-bond acceptors (Lipinski definition) is 4. The van der Waals surface area contributed by atoms with Gasteiger partial charge in [-0.2, -0.15) is 5.10 Å². The summed E-state index contributed by atoms with van der Waals surface area (Å²) in [5, 5.41) is 13.3. The zero-order valence-electron chi connectivity index (χ0n) is 10.8. The summed E-state index contributed by atoms with van der Waals surface area (Å²) in [6.07, 6.45) is 0.100. The summed E-state index contributed by atoms with van der Waals surface area (Å²) in [5.41, 5.74) is 1.54. The van der Waals surface area contributed by atoms with Crippen LogP contribution in [0.4, 0.5) is 0 Å². The molecule has 1 N–H and O–H groups in total. The fourth-order valence-corrected chi connectivity index (χ4v) is 1.76. The van der Waals surface area contributed by atoms with Crippen molar-refractivity contribution in [3.8, 4) is 0 Å². The van der Waals surface area contributed by atoms with Crippen LogP contribution in [0.15, 0.2) is 6.07 Å². The normalized spacial score (nSPS) is 12.2. The van der Waals surface area contributed by atoms with Gasteiger partial charge in [0.25, 0.3) is 0 Å². The van der Waals surface area contributed by atoms with Crippen molar-refractivity contribution in [1.82, 2.24) is 9.78 Å². The highest BCUT2D eigenvalue weighted by molar-refractivity contribution is 5.94. The van der Waals surface area contributed by atoms with E-state index in [0.29, 0.717) is 6.54 Å². The van der Waals surface area contributed by atoms with Gasteiger partial charge < -0.3 is 9.84 Å². The first-order chi connectivity index (χ1) is 8.49. The highest BCUT2D eigenvalue weighted by Crippen LogP contribution is 2.13. The van der Waals surface area contributed by atoms with Gasteiger partial charge in [-0.3, -0.25) is 14.3 Å². The van der Waals surface area contributed by atoms with E-state index >= 15 is 0 Å². The molecule has 1 aromatic rings. The van der Waals surface area contributed by atoms with Gasteiger partial charge >= 0.3 is 11.9 Å². The number of aliphatic carboxylic acids is 1. The van der Waals surface area contributed by atoms with Crippen LogP contribution in [-0.2, 0) is 27.3 Å². The average Bonchev–Trinajstić information content (AvgIpc) is 2.66. The number of carboxylic acid groups (broad SMARTS) is 1. The molecular weight excluding hydrogens is 236 g/mol. The molecule has 0 radical (unpaired) electrons. The van der Waals surface area contributed by atoms with Gasteiger partial charge in [0.2, 0.25) is 0 Å². The van der Waals surface area contributed by atoms with Crippen LogP contribution in [0, 0.1) is 12.8 Å². The Morgan fingerprint density at radius 2 is 2.17 bits per heavy atom. The predicted molar refractivity (Wildman–Crippen MR) is 64.1 cm³/mol. The monoisotopic (exact) mass is 254 g/mol. The highest BCUT2D eigenvalue weighted by atomic mass is 16.5. The van der Waals surface area contributed by atoms with Crippen LogP contribution in [0.2, 0.25) is 0 Å². The third kappa shape index (κ3) is 3.32. The molecule has 0 fully saturated rings.